The fraction of sp³-hybridized carbons (Fsp3) is 0.652. The number of hydrogen-bond acceptors (Lipinski definition) is 4. The molecule has 3 aliphatic rings. The van der Waals surface area contributed by atoms with Crippen molar-refractivity contribution in [3.8, 4) is 0 Å². The number of aryl methyl sites for hydroxylation is 1. The summed E-state index contributed by atoms with van der Waals surface area (Å²) in [5.74, 6) is -2.29. The SMILES string of the molecule is CC1(C)OB(c2ccc3c(c2)CCCC3NC(=O)C2(CC(=O)C(F)(F)F)CC2)OC1(C)C. The largest absolute Gasteiger partial charge is 0.494 e. The molecule has 5 nitrogen and oxygen atoms in total. The number of rotatable bonds is 5. The minimum atomic E-state index is -4.91. The highest BCUT2D eigenvalue weighted by Gasteiger charge is 2.55. The van der Waals surface area contributed by atoms with Crippen LogP contribution in [-0.4, -0.2) is 36.2 Å². The number of alkyl halides is 3. The molecule has 1 aliphatic heterocycles. The smallest absolute Gasteiger partial charge is 0.399 e. The van der Waals surface area contributed by atoms with E-state index in [2.05, 4.69) is 5.32 Å². The maximum Gasteiger partial charge on any atom is 0.494 e. The van der Waals surface area contributed by atoms with E-state index in [9.17, 15) is 22.8 Å². The first-order valence-electron chi connectivity index (χ1n) is 11.1. The average Bonchev–Trinajstić information content (AvgIpc) is 3.42. The number of carbonyl (C=O) groups excluding carboxylic acids is 2. The highest BCUT2D eigenvalue weighted by atomic mass is 19.4. The zero-order valence-corrected chi connectivity index (χ0v) is 18.9. The second-order valence-electron chi connectivity index (χ2n) is 10.3. The van der Waals surface area contributed by atoms with Gasteiger partial charge in [0.25, 0.3) is 0 Å². The van der Waals surface area contributed by atoms with Crippen molar-refractivity contribution in [1.29, 1.82) is 0 Å². The molecule has 1 N–H and O–H groups in total. The standard InChI is InChI=1S/C23H29BF3NO4/c1-20(2)21(3,4)32-24(31-20)15-8-9-16-14(12-15)6-5-7-17(16)28-19(30)22(10-11-22)13-18(29)23(25,26)27/h8-9,12,17H,5-7,10-11,13H2,1-4H3,(H,28,30). The van der Waals surface area contributed by atoms with E-state index in [1.807, 2.05) is 45.9 Å². The number of amides is 1. The molecule has 9 heteroatoms. The van der Waals surface area contributed by atoms with E-state index in [4.69, 9.17) is 9.31 Å². The van der Waals surface area contributed by atoms with E-state index >= 15 is 0 Å². The van der Waals surface area contributed by atoms with Gasteiger partial charge in [0.2, 0.25) is 11.7 Å². The third kappa shape index (κ3) is 4.21. The van der Waals surface area contributed by atoms with Crippen molar-refractivity contribution in [3.63, 3.8) is 0 Å². The third-order valence-electron chi connectivity index (χ3n) is 7.46. The van der Waals surface area contributed by atoms with E-state index in [0.717, 1.165) is 29.4 Å². The van der Waals surface area contributed by atoms with Gasteiger partial charge in [-0.2, -0.15) is 13.2 Å². The molecule has 1 unspecified atom stereocenters. The molecule has 0 spiro atoms. The Bertz CT molecular complexity index is 924. The Morgan fingerprint density at radius 3 is 2.31 bits per heavy atom. The van der Waals surface area contributed by atoms with Gasteiger partial charge in [0.05, 0.1) is 22.7 Å². The van der Waals surface area contributed by atoms with Crippen LogP contribution < -0.4 is 10.8 Å². The van der Waals surface area contributed by atoms with Crippen molar-refractivity contribution >= 4 is 24.3 Å². The van der Waals surface area contributed by atoms with Crippen LogP contribution in [0.2, 0.25) is 0 Å². The van der Waals surface area contributed by atoms with Gasteiger partial charge in [-0.3, -0.25) is 9.59 Å². The van der Waals surface area contributed by atoms with Gasteiger partial charge in [-0.1, -0.05) is 18.2 Å². The van der Waals surface area contributed by atoms with Crippen LogP contribution in [0.1, 0.15) is 77.0 Å². The van der Waals surface area contributed by atoms with Crippen LogP contribution >= 0.6 is 0 Å². The lowest BCUT2D eigenvalue weighted by Crippen LogP contribution is -2.41. The van der Waals surface area contributed by atoms with Crippen LogP contribution in [0.15, 0.2) is 18.2 Å². The van der Waals surface area contributed by atoms with Crippen LogP contribution in [0.5, 0.6) is 0 Å². The van der Waals surface area contributed by atoms with Crippen molar-refractivity contribution in [1.82, 2.24) is 5.32 Å². The Kier molecular flexibility index (Phi) is 5.52. The molecule has 1 heterocycles. The number of nitrogens with one attached hydrogen (secondary N) is 1. The predicted octanol–water partition coefficient (Wildman–Crippen LogP) is 3.78. The zero-order valence-electron chi connectivity index (χ0n) is 18.9. The highest BCUT2D eigenvalue weighted by Crippen LogP contribution is 2.51. The summed E-state index contributed by atoms with van der Waals surface area (Å²) in [7, 11) is -0.483. The topological polar surface area (TPSA) is 64.6 Å². The molecule has 2 fully saturated rings. The first kappa shape index (κ1) is 23.3. The van der Waals surface area contributed by atoms with Crippen LogP contribution in [0, 0.1) is 5.41 Å². The van der Waals surface area contributed by atoms with Gasteiger partial charge in [-0.05, 0) is 76.4 Å². The number of fused-ring (bicyclic) bond motifs is 1. The first-order valence-corrected chi connectivity index (χ1v) is 11.1. The Balaban J connectivity index is 1.48. The molecule has 1 aromatic carbocycles. The lowest BCUT2D eigenvalue weighted by Gasteiger charge is -2.32. The van der Waals surface area contributed by atoms with Crippen molar-refractivity contribution in [2.45, 2.75) is 89.6 Å². The summed E-state index contributed by atoms with van der Waals surface area (Å²) >= 11 is 0. The van der Waals surface area contributed by atoms with Gasteiger partial charge in [-0.25, -0.2) is 0 Å². The number of ketones is 1. The fourth-order valence-corrected chi connectivity index (χ4v) is 4.46. The average molecular weight is 451 g/mol. The monoisotopic (exact) mass is 451 g/mol. The Morgan fingerprint density at radius 2 is 1.75 bits per heavy atom. The maximum absolute atomic E-state index is 12.8. The summed E-state index contributed by atoms with van der Waals surface area (Å²) in [5.41, 5.74) is 0.830. The highest BCUT2D eigenvalue weighted by molar-refractivity contribution is 6.62. The lowest BCUT2D eigenvalue weighted by molar-refractivity contribution is -0.173. The quantitative estimate of drug-likeness (QED) is 0.693. The van der Waals surface area contributed by atoms with Crippen LogP contribution in [-0.2, 0) is 25.3 Å². The summed E-state index contributed by atoms with van der Waals surface area (Å²) < 4.78 is 50.3. The normalized spacial score (nSPS) is 25.2. The van der Waals surface area contributed by atoms with Gasteiger partial charge in [0.1, 0.15) is 0 Å². The van der Waals surface area contributed by atoms with Gasteiger partial charge < -0.3 is 14.6 Å². The molecule has 174 valence electrons. The van der Waals surface area contributed by atoms with E-state index in [-0.39, 0.29) is 6.04 Å². The maximum atomic E-state index is 12.8. The van der Waals surface area contributed by atoms with E-state index in [1.165, 1.54) is 0 Å². The van der Waals surface area contributed by atoms with Gasteiger partial charge in [-0.15, -0.1) is 0 Å². The number of hydrogen-bond donors (Lipinski definition) is 1. The molecule has 1 saturated carbocycles. The molecule has 1 atom stereocenters. The Labute approximate surface area is 186 Å². The summed E-state index contributed by atoms with van der Waals surface area (Å²) in [6.07, 6.45) is -2.67. The Hall–Kier alpha value is -1.87. The summed E-state index contributed by atoms with van der Waals surface area (Å²) in [4.78, 5) is 24.3. The van der Waals surface area contributed by atoms with E-state index in [0.29, 0.717) is 19.3 Å². The van der Waals surface area contributed by atoms with Gasteiger partial charge in [0.15, 0.2) is 0 Å². The number of benzene rings is 1. The molecule has 1 saturated heterocycles. The second-order valence-corrected chi connectivity index (χ2v) is 10.3. The van der Waals surface area contributed by atoms with Gasteiger partial charge >= 0.3 is 13.3 Å². The first-order chi connectivity index (χ1) is 14.7. The molecule has 0 bridgehead atoms. The summed E-state index contributed by atoms with van der Waals surface area (Å²) in [6.45, 7) is 7.98. The molecular formula is C23H29BF3NO4. The predicted molar refractivity (Wildman–Crippen MR) is 113 cm³/mol. The molecule has 4 rings (SSSR count). The molecule has 2 aliphatic carbocycles. The molecule has 0 aromatic heterocycles. The van der Waals surface area contributed by atoms with Crippen molar-refractivity contribution in [3.05, 3.63) is 29.3 Å². The molecule has 1 amide bonds. The molecular weight excluding hydrogens is 422 g/mol. The van der Waals surface area contributed by atoms with Crippen molar-refractivity contribution in [2.75, 3.05) is 0 Å². The third-order valence-corrected chi connectivity index (χ3v) is 7.46. The minimum absolute atomic E-state index is 0.280. The van der Waals surface area contributed by atoms with Crippen molar-refractivity contribution in [2.24, 2.45) is 5.41 Å². The summed E-state index contributed by atoms with van der Waals surface area (Å²) in [6, 6.07) is 5.62. The van der Waals surface area contributed by atoms with Crippen LogP contribution in [0.4, 0.5) is 13.2 Å². The minimum Gasteiger partial charge on any atom is -0.399 e. The molecule has 1 aromatic rings. The fourth-order valence-electron chi connectivity index (χ4n) is 4.46. The number of carbonyl (C=O) groups is 2. The summed E-state index contributed by atoms with van der Waals surface area (Å²) in [5, 5.41) is 2.93. The lowest BCUT2D eigenvalue weighted by atomic mass is 9.75. The van der Waals surface area contributed by atoms with E-state index in [1.54, 1.807) is 0 Å². The van der Waals surface area contributed by atoms with Crippen LogP contribution in [0.3, 0.4) is 0 Å². The van der Waals surface area contributed by atoms with Crippen LogP contribution in [0.25, 0.3) is 0 Å². The number of halogens is 3. The molecule has 32 heavy (non-hydrogen) atoms. The number of Topliss-reactive ketones (excluding diaryl/α,β-unsaturated/α-hetero) is 1. The second kappa shape index (κ2) is 7.59. The van der Waals surface area contributed by atoms with Crippen molar-refractivity contribution < 1.29 is 32.1 Å². The zero-order chi connectivity index (χ0) is 23.5. The van der Waals surface area contributed by atoms with Gasteiger partial charge in [0, 0.05) is 6.42 Å². The van der Waals surface area contributed by atoms with E-state index < -0.39 is 48.0 Å². The molecule has 0 radical (unpaired) electrons. The Morgan fingerprint density at radius 1 is 1.12 bits per heavy atom.